The van der Waals surface area contributed by atoms with E-state index in [1.54, 1.807) is 0 Å². The first kappa shape index (κ1) is 37.1. The zero-order chi connectivity index (χ0) is 25.6. The van der Waals surface area contributed by atoms with E-state index in [1.807, 2.05) is 0 Å². The molecule has 0 unspecified atom stereocenters. The van der Waals surface area contributed by atoms with E-state index in [2.05, 4.69) is 17.6 Å². The van der Waals surface area contributed by atoms with Gasteiger partial charge in [-0.15, -0.1) is 0 Å². The Morgan fingerprint density at radius 3 is 1.41 bits per heavy atom. The monoisotopic (exact) mass is 465 g/mol. The lowest BCUT2D eigenvalue weighted by Crippen LogP contribution is -2.33. The van der Waals surface area contributed by atoms with Gasteiger partial charge < -0.3 is 31.7 Å². The zero-order valence-corrected chi connectivity index (χ0v) is 20.5. The molecule has 10 heteroatoms. The molecule has 0 radical (unpaired) electrons. The molecule has 0 heterocycles. The molecule has 0 saturated heterocycles. The van der Waals surface area contributed by atoms with Crippen LogP contribution in [0.15, 0.2) is 0 Å². The SMILES string of the molecule is CC(=O)O.CC(=O)O.CC(=O)O.CCCCCCCCCCCC(=O)NCCNCCN. The summed E-state index contributed by atoms with van der Waals surface area (Å²) in [7, 11) is 0. The lowest BCUT2D eigenvalue weighted by atomic mass is 10.1. The molecule has 0 aliphatic rings. The Bertz CT molecular complexity index is 407. The van der Waals surface area contributed by atoms with Crippen LogP contribution in [0.25, 0.3) is 0 Å². The minimum Gasteiger partial charge on any atom is -0.481 e. The van der Waals surface area contributed by atoms with Gasteiger partial charge >= 0.3 is 0 Å². The molecular formula is C22H47N3O7. The average molecular weight is 466 g/mol. The molecule has 0 saturated carbocycles. The van der Waals surface area contributed by atoms with Crippen LogP contribution in [-0.2, 0) is 19.2 Å². The van der Waals surface area contributed by atoms with Crippen LogP contribution >= 0.6 is 0 Å². The molecule has 192 valence electrons. The number of hydrogen-bond acceptors (Lipinski definition) is 6. The van der Waals surface area contributed by atoms with Crippen molar-refractivity contribution in [2.24, 2.45) is 5.73 Å². The Labute approximate surface area is 193 Å². The molecule has 0 spiro atoms. The highest BCUT2D eigenvalue weighted by Crippen LogP contribution is 2.10. The average Bonchev–Trinajstić information content (AvgIpc) is 2.65. The van der Waals surface area contributed by atoms with Crippen molar-refractivity contribution in [2.45, 2.75) is 91.9 Å². The van der Waals surface area contributed by atoms with Crippen LogP contribution in [0.5, 0.6) is 0 Å². The number of amides is 1. The normalized spacial score (nSPS) is 9.03. The van der Waals surface area contributed by atoms with E-state index in [0.29, 0.717) is 19.5 Å². The number of carboxylic acids is 3. The number of hydrogen-bond donors (Lipinski definition) is 6. The molecule has 0 aromatic heterocycles. The van der Waals surface area contributed by atoms with Crippen molar-refractivity contribution in [1.82, 2.24) is 10.6 Å². The van der Waals surface area contributed by atoms with Gasteiger partial charge in [0.15, 0.2) is 0 Å². The van der Waals surface area contributed by atoms with Crippen molar-refractivity contribution < 1.29 is 34.5 Å². The quantitative estimate of drug-likeness (QED) is 0.198. The molecule has 0 aliphatic heterocycles. The Kier molecular flexibility index (Phi) is 38.8. The molecule has 0 fully saturated rings. The second-order valence-corrected chi connectivity index (χ2v) is 7.02. The van der Waals surface area contributed by atoms with Crippen LogP contribution in [0.3, 0.4) is 0 Å². The van der Waals surface area contributed by atoms with Crippen LogP contribution in [0.2, 0.25) is 0 Å². The van der Waals surface area contributed by atoms with E-state index in [1.165, 1.54) is 51.4 Å². The third kappa shape index (κ3) is 80.0. The van der Waals surface area contributed by atoms with Gasteiger partial charge in [-0.2, -0.15) is 0 Å². The zero-order valence-electron chi connectivity index (χ0n) is 20.5. The predicted octanol–water partition coefficient (Wildman–Crippen LogP) is 2.84. The number of unbranched alkanes of at least 4 members (excludes halogenated alkanes) is 8. The summed E-state index contributed by atoms with van der Waals surface area (Å²) in [6, 6.07) is 0. The number of aliphatic carboxylic acids is 3. The summed E-state index contributed by atoms with van der Waals surface area (Å²) < 4.78 is 0. The maximum atomic E-state index is 11.5. The van der Waals surface area contributed by atoms with Gasteiger partial charge in [0.1, 0.15) is 0 Å². The Hall–Kier alpha value is -2.20. The van der Waals surface area contributed by atoms with Crippen molar-refractivity contribution >= 4 is 23.8 Å². The summed E-state index contributed by atoms with van der Waals surface area (Å²) >= 11 is 0. The molecule has 0 rings (SSSR count). The van der Waals surface area contributed by atoms with E-state index >= 15 is 0 Å². The first-order valence-electron chi connectivity index (χ1n) is 11.3. The number of rotatable bonds is 15. The summed E-state index contributed by atoms with van der Waals surface area (Å²) in [6.07, 6.45) is 12.3. The Morgan fingerprint density at radius 1 is 0.656 bits per heavy atom. The number of carbonyl (C=O) groups is 4. The number of carboxylic acid groups (broad SMARTS) is 3. The van der Waals surface area contributed by atoms with Crippen LogP contribution in [0.1, 0.15) is 91.9 Å². The highest BCUT2D eigenvalue weighted by Gasteiger charge is 2.00. The van der Waals surface area contributed by atoms with Crippen LogP contribution < -0.4 is 16.4 Å². The maximum Gasteiger partial charge on any atom is 0.300 e. The first-order valence-corrected chi connectivity index (χ1v) is 11.3. The number of nitrogens with one attached hydrogen (secondary N) is 2. The second-order valence-electron chi connectivity index (χ2n) is 7.02. The van der Waals surface area contributed by atoms with Gasteiger partial charge in [-0.05, 0) is 6.42 Å². The van der Waals surface area contributed by atoms with Crippen LogP contribution in [-0.4, -0.2) is 65.3 Å². The van der Waals surface area contributed by atoms with Crippen LogP contribution in [0.4, 0.5) is 0 Å². The summed E-state index contributed by atoms with van der Waals surface area (Å²) in [5.41, 5.74) is 5.36. The molecule has 1 amide bonds. The largest absolute Gasteiger partial charge is 0.481 e. The first-order chi connectivity index (χ1) is 15.0. The maximum absolute atomic E-state index is 11.5. The lowest BCUT2D eigenvalue weighted by Gasteiger charge is -2.06. The van der Waals surface area contributed by atoms with E-state index < -0.39 is 17.9 Å². The molecule has 0 aromatic rings. The van der Waals surface area contributed by atoms with E-state index in [4.69, 9.17) is 35.4 Å². The molecule has 10 nitrogen and oxygen atoms in total. The Morgan fingerprint density at radius 2 is 1.03 bits per heavy atom. The van der Waals surface area contributed by atoms with Gasteiger partial charge in [-0.1, -0.05) is 58.3 Å². The third-order valence-corrected chi connectivity index (χ3v) is 3.45. The van der Waals surface area contributed by atoms with Crippen molar-refractivity contribution in [1.29, 1.82) is 0 Å². The third-order valence-electron chi connectivity index (χ3n) is 3.45. The topological polar surface area (TPSA) is 179 Å². The summed E-state index contributed by atoms with van der Waals surface area (Å²) in [6.45, 7) is 8.47. The van der Waals surface area contributed by atoms with E-state index in [-0.39, 0.29) is 5.91 Å². The van der Waals surface area contributed by atoms with Gasteiger partial charge in [0.2, 0.25) is 5.91 Å². The molecular weight excluding hydrogens is 418 g/mol. The van der Waals surface area contributed by atoms with Crippen molar-refractivity contribution in [2.75, 3.05) is 26.2 Å². The van der Waals surface area contributed by atoms with Gasteiger partial charge in [0, 0.05) is 53.4 Å². The van der Waals surface area contributed by atoms with Crippen molar-refractivity contribution in [3.8, 4) is 0 Å². The van der Waals surface area contributed by atoms with Gasteiger partial charge in [0.25, 0.3) is 17.9 Å². The molecule has 0 atom stereocenters. The second kappa shape index (κ2) is 33.4. The summed E-state index contributed by atoms with van der Waals surface area (Å²) in [4.78, 5) is 38.5. The highest BCUT2D eigenvalue weighted by molar-refractivity contribution is 5.75. The van der Waals surface area contributed by atoms with E-state index in [0.717, 1.165) is 40.3 Å². The van der Waals surface area contributed by atoms with Crippen molar-refractivity contribution in [3.05, 3.63) is 0 Å². The summed E-state index contributed by atoms with van der Waals surface area (Å²) in [5, 5.41) is 28.3. The molecule has 0 bridgehead atoms. The fourth-order valence-electron chi connectivity index (χ4n) is 2.20. The minimum atomic E-state index is -0.833. The van der Waals surface area contributed by atoms with Crippen molar-refractivity contribution in [3.63, 3.8) is 0 Å². The fourth-order valence-corrected chi connectivity index (χ4v) is 2.20. The number of carbonyl (C=O) groups excluding carboxylic acids is 1. The predicted molar refractivity (Wildman–Crippen MR) is 127 cm³/mol. The number of nitrogens with two attached hydrogens (primary N) is 1. The molecule has 7 N–H and O–H groups in total. The van der Waals surface area contributed by atoms with E-state index in [9.17, 15) is 4.79 Å². The Balaban J connectivity index is -0.000000267. The lowest BCUT2D eigenvalue weighted by molar-refractivity contribution is -0.135. The standard InChI is InChI=1S/C16H35N3O.3C2H4O2/c1-2-3-4-5-6-7-8-9-10-11-16(20)19-15-14-18-13-12-17;3*1-2(3)4/h18H,2-15,17H2,1H3,(H,19,20);3*1H3,(H,3,4). The molecule has 0 aliphatic carbocycles. The molecule has 32 heavy (non-hydrogen) atoms. The van der Waals surface area contributed by atoms with Gasteiger partial charge in [-0.3, -0.25) is 19.2 Å². The fraction of sp³-hybridized carbons (Fsp3) is 0.818. The molecule has 0 aromatic carbocycles. The highest BCUT2D eigenvalue weighted by atomic mass is 16.4. The van der Waals surface area contributed by atoms with Gasteiger partial charge in [-0.25, -0.2) is 0 Å². The smallest absolute Gasteiger partial charge is 0.300 e. The van der Waals surface area contributed by atoms with Crippen LogP contribution in [0, 0.1) is 0 Å². The summed E-state index contributed by atoms with van der Waals surface area (Å²) in [5.74, 6) is -2.32. The van der Waals surface area contributed by atoms with Gasteiger partial charge in [0.05, 0.1) is 0 Å². The minimum absolute atomic E-state index is 0.183.